The molecule has 0 aliphatic carbocycles. The number of nitrogens with one attached hydrogen (secondary N) is 1. The summed E-state index contributed by atoms with van der Waals surface area (Å²) in [5.74, 6) is 0.855. The van der Waals surface area contributed by atoms with Crippen molar-refractivity contribution in [1.29, 1.82) is 0 Å². The zero-order valence-electron chi connectivity index (χ0n) is 14.6. The van der Waals surface area contributed by atoms with Gasteiger partial charge in [0.15, 0.2) is 5.13 Å². The number of benzene rings is 1. The zero-order chi connectivity index (χ0) is 18.3. The molecule has 4 rings (SSSR count). The first kappa shape index (κ1) is 16.9. The van der Waals surface area contributed by atoms with Crippen molar-refractivity contribution in [1.82, 2.24) is 14.4 Å². The van der Waals surface area contributed by atoms with Crippen molar-refractivity contribution in [2.75, 3.05) is 12.4 Å². The topological polar surface area (TPSA) is 51.5 Å². The Morgan fingerprint density at radius 2 is 1.96 bits per heavy atom. The van der Waals surface area contributed by atoms with Gasteiger partial charge in [-0.15, -0.1) is 11.3 Å². The third-order valence-corrected chi connectivity index (χ3v) is 5.19. The van der Waals surface area contributed by atoms with Crippen LogP contribution in [-0.2, 0) is 0 Å². The standard InChI is InChI=1S/C19H17ClN4OS/c1-11-6-14(25-3)7-12(2)18(11)23-19-22-15(10-26-19)16-8-21-17-5-4-13(20)9-24(16)17/h4-10H,1-3H3,(H,22,23). The Balaban J connectivity index is 1.67. The second-order valence-electron chi connectivity index (χ2n) is 6.02. The number of aryl methyl sites for hydroxylation is 2. The molecule has 0 spiro atoms. The highest BCUT2D eigenvalue weighted by Gasteiger charge is 2.12. The first-order valence-corrected chi connectivity index (χ1v) is 9.31. The third-order valence-electron chi connectivity index (χ3n) is 4.21. The molecular formula is C19H17ClN4OS. The van der Waals surface area contributed by atoms with Crippen LogP contribution in [0.15, 0.2) is 42.0 Å². The Bertz CT molecular complexity index is 1080. The van der Waals surface area contributed by atoms with Crippen LogP contribution in [0.4, 0.5) is 10.8 Å². The summed E-state index contributed by atoms with van der Waals surface area (Å²) < 4.78 is 7.27. The highest BCUT2D eigenvalue weighted by atomic mass is 35.5. The molecule has 0 unspecified atom stereocenters. The summed E-state index contributed by atoms with van der Waals surface area (Å²) in [5, 5.41) is 6.93. The van der Waals surface area contributed by atoms with E-state index in [-0.39, 0.29) is 0 Å². The minimum Gasteiger partial charge on any atom is -0.497 e. The molecule has 0 aliphatic heterocycles. The average molecular weight is 385 g/mol. The van der Waals surface area contributed by atoms with Crippen LogP contribution in [0, 0.1) is 13.8 Å². The van der Waals surface area contributed by atoms with Crippen LogP contribution in [0.2, 0.25) is 5.02 Å². The lowest BCUT2D eigenvalue weighted by Crippen LogP contribution is -1.97. The van der Waals surface area contributed by atoms with Crippen LogP contribution in [-0.4, -0.2) is 21.5 Å². The predicted octanol–water partition coefficient (Wildman–Crippen LogP) is 5.48. The van der Waals surface area contributed by atoms with Crippen LogP contribution < -0.4 is 10.1 Å². The van der Waals surface area contributed by atoms with Crippen molar-refractivity contribution >= 4 is 39.4 Å². The Labute approximate surface area is 160 Å². The fraction of sp³-hybridized carbons (Fsp3) is 0.158. The Morgan fingerprint density at radius 3 is 2.69 bits per heavy atom. The van der Waals surface area contributed by atoms with Crippen molar-refractivity contribution < 1.29 is 4.74 Å². The number of thiazole rings is 1. The van der Waals surface area contributed by atoms with E-state index in [0.717, 1.165) is 44.7 Å². The van der Waals surface area contributed by atoms with Gasteiger partial charge < -0.3 is 10.1 Å². The van der Waals surface area contributed by atoms with Gasteiger partial charge in [-0.3, -0.25) is 4.40 Å². The molecule has 0 saturated heterocycles. The van der Waals surface area contributed by atoms with Gasteiger partial charge in [-0.05, 0) is 49.2 Å². The molecule has 7 heteroatoms. The lowest BCUT2D eigenvalue weighted by Gasteiger charge is -2.12. The van der Waals surface area contributed by atoms with Crippen LogP contribution in [0.25, 0.3) is 17.0 Å². The summed E-state index contributed by atoms with van der Waals surface area (Å²) in [6.07, 6.45) is 3.66. The fourth-order valence-electron chi connectivity index (χ4n) is 2.94. The monoisotopic (exact) mass is 384 g/mol. The maximum absolute atomic E-state index is 6.12. The van der Waals surface area contributed by atoms with Crippen LogP contribution >= 0.6 is 22.9 Å². The molecule has 3 aromatic heterocycles. The van der Waals surface area contributed by atoms with Gasteiger partial charge in [-0.2, -0.15) is 0 Å². The molecule has 0 aliphatic rings. The second kappa shape index (κ2) is 6.63. The number of aromatic nitrogens is 3. The van der Waals surface area contributed by atoms with Crippen LogP contribution in [0.1, 0.15) is 11.1 Å². The van der Waals surface area contributed by atoms with Gasteiger partial charge >= 0.3 is 0 Å². The molecule has 4 aromatic rings. The number of fused-ring (bicyclic) bond motifs is 1. The molecule has 3 heterocycles. The van der Waals surface area contributed by atoms with Crippen molar-refractivity contribution in [2.45, 2.75) is 13.8 Å². The number of anilines is 2. The minimum atomic E-state index is 0.662. The first-order valence-electron chi connectivity index (χ1n) is 8.06. The molecule has 0 bridgehead atoms. The Kier molecular flexibility index (Phi) is 4.30. The van der Waals surface area contributed by atoms with E-state index in [9.17, 15) is 0 Å². The van der Waals surface area contributed by atoms with Gasteiger partial charge in [0, 0.05) is 17.3 Å². The van der Waals surface area contributed by atoms with E-state index < -0.39 is 0 Å². The lowest BCUT2D eigenvalue weighted by atomic mass is 10.1. The number of ether oxygens (including phenoxy) is 1. The van der Waals surface area contributed by atoms with E-state index in [2.05, 4.69) is 24.1 Å². The Hall–Kier alpha value is -2.57. The highest BCUT2D eigenvalue weighted by molar-refractivity contribution is 7.14. The van der Waals surface area contributed by atoms with Gasteiger partial charge in [0.05, 0.1) is 24.0 Å². The molecule has 0 saturated carbocycles. The minimum absolute atomic E-state index is 0.662. The summed E-state index contributed by atoms with van der Waals surface area (Å²) in [4.78, 5) is 9.14. The zero-order valence-corrected chi connectivity index (χ0v) is 16.1. The second-order valence-corrected chi connectivity index (χ2v) is 7.31. The number of methoxy groups -OCH3 is 1. The highest BCUT2D eigenvalue weighted by Crippen LogP contribution is 2.32. The molecule has 132 valence electrons. The first-order chi connectivity index (χ1) is 12.5. The largest absolute Gasteiger partial charge is 0.497 e. The fourth-order valence-corrected chi connectivity index (χ4v) is 3.81. The SMILES string of the molecule is COc1cc(C)c(Nc2nc(-c3cnc4ccc(Cl)cn34)cs2)c(C)c1. The smallest absolute Gasteiger partial charge is 0.187 e. The molecule has 26 heavy (non-hydrogen) atoms. The van der Waals surface area contributed by atoms with E-state index >= 15 is 0 Å². The van der Waals surface area contributed by atoms with E-state index in [1.165, 1.54) is 0 Å². The summed E-state index contributed by atoms with van der Waals surface area (Å²) in [6, 6.07) is 7.74. The molecule has 0 radical (unpaired) electrons. The number of rotatable bonds is 4. The predicted molar refractivity (Wildman–Crippen MR) is 107 cm³/mol. The average Bonchev–Trinajstić information content (AvgIpc) is 3.24. The number of hydrogen-bond donors (Lipinski definition) is 1. The molecule has 1 N–H and O–H groups in total. The number of nitrogens with zero attached hydrogens (tertiary/aromatic N) is 3. The summed E-state index contributed by atoms with van der Waals surface area (Å²) in [7, 11) is 1.68. The van der Waals surface area contributed by atoms with Crippen molar-refractivity contribution in [2.24, 2.45) is 0 Å². The maximum Gasteiger partial charge on any atom is 0.187 e. The van der Waals surface area contributed by atoms with Gasteiger partial charge in [0.25, 0.3) is 0 Å². The summed E-state index contributed by atoms with van der Waals surface area (Å²) in [5.41, 5.74) is 5.88. The van der Waals surface area contributed by atoms with Crippen molar-refractivity contribution in [3.05, 3.63) is 58.2 Å². The lowest BCUT2D eigenvalue weighted by molar-refractivity contribution is 0.414. The van der Waals surface area contributed by atoms with Gasteiger partial charge in [-0.1, -0.05) is 11.6 Å². The third kappa shape index (κ3) is 3.02. The number of halogens is 1. The van der Waals surface area contributed by atoms with E-state index in [0.29, 0.717) is 5.02 Å². The molecule has 5 nitrogen and oxygen atoms in total. The van der Waals surface area contributed by atoms with Crippen molar-refractivity contribution in [3.63, 3.8) is 0 Å². The molecule has 1 aromatic carbocycles. The molecule has 0 amide bonds. The van der Waals surface area contributed by atoms with Gasteiger partial charge in [-0.25, -0.2) is 9.97 Å². The number of hydrogen-bond acceptors (Lipinski definition) is 5. The normalized spacial score (nSPS) is 11.1. The molecule has 0 atom stereocenters. The quantitative estimate of drug-likeness (QED) is 0.506. The van der Waals surface area contributed by atoms with E-state index in [1.54, 1.807) is 18.4 Å². The molecular weight excluding hydrogens is 368 g/mol. The Morgan fingerprint density at radius 1 is 1.19 bits per heavy atom. The summed E-state index contributed by atoms with van der Waals surface area (Å²) >= 11 is 7.67. The van der Waals surface area contributed by atoms with E-state index in [4.69, 9.17) is 21.3 Å². The molecule has 0 fully saturated rings. The van der Waals surface area contributed by atoms with Gasteiger partial charge in [0.1, 0.15) is 17.1 Å². The van der Waals surface area contributed by atoms with Crippen LogP contribution in [0.5, 0.6) is 5.75 Å². The van der Waals surface area contributed by atoms with Crippen LogP contribution in [0.3, 0.4) is 0 Å². The van der Waals surface area contributed by atoms with E-state index in [1.807, 2.05) is 46.4 Å². The number of imidazole rings is 1. The van der Waals surface area contributed by atoms with Crippen molar-refractivity contribution in [3.8, 4) is 17.1 Å². The number of pyridine rings is 1. The van der Waals surface area contributed by atoms with Gasteiger partial charge in [0.2, 0.25) is 0 Å². The summed E-state index contributed by atoms with van der Waals surface area (Å²) in [6.45, 7) is 4.11. The maximum atomic E-state index is 6.12.